The molecule has 3 N–H and O–H groups in total. The fraction of sp³-hybridized carbons (Fsp3) is 0.231. The molecule has 0 aliphatic rings. The largest absolute Gasteiger partial charge is 0.478 e. The number of hydrogen-bond acceptors (Lipinski definition) is 5. The molecular weight excluding hydrogens is 281 g/mol. The monoisotopic (exact) mass is 295 g/mol. The summed E-state index contributed by atoms with van der Waals surface area (Å²) in [7, 11) is 1.75. The average Bonchev–Trinajstić information content (AvgIpc) is 2.76. The van der Waals surface area contributed by atoms with E-state index in [1.807, 2.05) is 12.3 Å². The average molecular weight is 295 g/mol. The van der Waals surface area contributed by atoms with Crippen LogP contribution < -0.4 is 10.6 Å². The number of aromatic carboxylic acids is 1. The Labute approximate surface area is 119 Å². The summed E-state index contributed by atoms with van der Waals surface area (Å²) < 4.78 is 13.7. The van der Waals surface area contributed by atoms with E-state index in [2.05, 4.69) is 4.98 Å². The minimum Gasteiger partial charge on any atom is -0.478 e. The summed E-state index contributed by atoms with van der Waals surface area (Å²) in [5.74, 6) is -2.14. The maximum Gasteiger partial charge on any atom is 0.338 e. The zero-order chi connectivity index (χ0) is 14.9. The Morgan fingerprint density at radius 3 is 2.80 bits per heavy atom. The van der Waals surface area contributed by atoms with E-state index in [9.17, 15) is 9.18 Å². The second kappa shape index (κ2) is 5.46. The van der Waals surface area contributed by atoms with E-state index in [0.717, 1.165) is 22.8 Å². The number of rotatable bonds is 4. The number of aromatic nitrogens is 1. The van der Waals surface area contributed by atoms with Crippen LogP contribution >= 0.6 is 11.3 Å². The van der Waals surface area contributed by atoms with Crippen LogP contribution in [-0.2, 0) is 6.54 Å². The van der Waals surface area contributed by atoms with E-state index in [1.165, 1.54) is 11.3 Å². The van der Waals surface area contributed by atoms with E-state index in [-0.39, 0.29) is 5.69 Å². The molecule has 20 heavy (non-hydrogen) atoms. The van der Waals surface area contributed by atoms with Gasteiger partial charge in [0.25, 0.3) is 0 Å². The van der Waals surface area contributed by atoms with Gasteiger partial charge in [-0.25, -0.2) is 14.2 Å². The van der Waals surface area contributed by atoms with Gasteiger partial charge in [-0.15, -0.1) is 11.3 Å². The molecular formula is C13H14FN3O2S. The first-order valence-corrected chi connectivity index (χ1v) is 6.71. The molecule has 0 fully saturated rings. The molecule has 0 bridgehead atoms. The molecule has 0 saturated heterocycles. The third-order valence-electron chi connectivity index (χ3n) is 2.82. The van der Waals surface area contributed by atoms with Crippen LogP contribution in [0.25, 0.3) is 0 Å². The SMILES string of the molecule is Cc1nc(CN(C)c2cc(F)c(C(=O)O)cc2N)cs1. The molecule has 0 atom stereocenters. The van der Waals surface area contributed by atoms with Gasteiger partial charge in [0.05, 0.1) is 34.2 Å². The number of nitrogens with zero attached hydrogens (tertiary/aromatic N) is 2. The van der Waals surface area contributed by atoms with Gasteiger partial charge in [0.2, 0.25) is 0 Å². The van der Waals surface area contributed by atoms with E-state index in [0.29, 0.717) is 12.2 Å². The van der Waals surface area contributed by atoms with Crippen molar-refractivity contribution in [3.63, 3.8) is 0 Å². The molecule has 0 amide bonds. The van der Waals surface area contributed by atoms with Crippen LogP contribution in [0.5, 0.6) is 0 Å². The second-order valence-electron chi connectivity index (χ2n) is 4.41. The fourth-order valence-electron chi connectivity index (χ4n) is 1.88. The zero-order valence-corrected chi connectivity index (χ0v) is 11.9. The van der Waals surface area contributed by atoms with Crippen molar-refractivity contribution in [2.75, 3.05) is 17.7 Å². The van der Waals surface area contributed by atoms with Crippen LogP contribution in [0.3, 0.4) is 0 Å². The van der Waals surface area contributed by atoms with Gasteiger partial charge in [-0.3, -0.25) is 0 Å². The lowest BCUT2D eigenvalue weighted by atomic mass is 10.1. The molecule has 5 nitrogen and oxygen atoms in total. The van der Waals surface area contributed by atoms with Gasteiger partial charge in [-0.05, 0) is 13.0 Å². The van der Waals surface area contributed by atoms with Gasteiger partial charge >= 0.3 is 5.97 Å². The molecule has 0 spiro atoms. The predicted molar refractivity (Wildman–Crippen MR) is 76.7 cm³/mol. The van der Waals surface area contributed by atoms with Crippen LogP contribution in [0.15, 0.2) is 17.5 Å². The Hall–Kier alpha value is -2.15. The number of anilines is 2. The quantitative estimate of drug-likeness (QED) is 0.847. The number of aryl methyl sites for hydroxylation is 1. The minimum atomic E-state index is -1.33. The molecule has 0 unspecified atom stereocenters. The van der Waals surface area contributed by atoms with Crippen molar-refractivity contribution in [2.45, 2.75) is 13.5 Å². The standard InChI is InChI=1S/C13H14FN3O2S/c1-7-16-8(6-20-7)5-17(2)12-4-10(14)9(13(18)19)3-11(12)15/h3-4,6H,5,15H2,1-2H3,(H,18,19). The highest BCUT2D eigenvalue weighted by Gasteiger charge is 2.16. The Bertz CT molecular complexity index is 657. The van der Waals surface area contributed by atoms with Crippen LogP contribution in [0.1, 0.15) is 21.1 Å². The van der Waals surface area contributed by atoms with Crippen LogP contribution in [0, 0.1) is 12.7 Å². The lowest BCUT2D eigenvalue weighted by Gasteiger charge is -2.20. The van der Waals surface area contributed by atoms with Crippen molar-refractivity contribution in [3.05, 3.63) is 39.6 Å². The fourth-order valence-corrected chi connectivity index (χ4v) is 2.49. The van der Waals surface area contributed by atoms with Gasteiger partial charge in [-0.1, -0.05) is 0 Å². The normalized spacial score (nSPS) is 10.6. The van der Waals surface area contributed by atoms with Gasteiger partial charge in [0.15, 0.2) is 0 Å². The third-order valence-corrected chi connectivity index (χ3v) is 3.65. The van der Waals surface area contributed by atoms with Gasteiger partial charge < -0.3 is 15.7 Å². The smallest absolute Gasteiger partial charge is 0.338 e. The van der Waals surface area contributed by atoms with E-state index < -0.39 is 17.3 Å². The van der Waals surface area contributed by atoms with E-state index in [1.54, 1.807) is 11.9 Å². The lowest BCUT2D eigenvalue weighted by Crippen LogP contribution is -2.19. The molecule has 0 saturated carbocycles. The Balaban J connectivity index is 2.28. The number of carboxylic acids is 1. The van der Waals surface area contributed by atoms with Crippen molar-refractivity contribution >= 4 is 28.7 Å². The van der Waals surface area contributed by atoms with Crippen molar-refractivity contribution in [2.24, 2.45) is 0 Å². The molecule has 106 valence electrons. The van der Waals surface area contributed by atoms with Crippen LogP contribution in [-0.4, -0.2) is 23.1 Å². The van der Waals surface area contributed by atoms with Crippen molar-refractivity contribution in [1.29, 1.82) is 0 Å². The Morgan fingerprint density at radius 1 is 1.55 bits per heavy atom. The number of nitrogens with two attached hydrogens (primary N) is 1. The summed E-state index contributed by atoms with van der Waals surface area (Å²) in [6.07, 6.45) is 0. The molecule has 2 aromatic rings. The topological polar surface area (TPSA) is 79.5 Å². The number of thiazole rings is 1. The highest BCUT2D eigenvalue weighted by molar-refractivity contribution is 7.09. The maximum absolute atomic E-state index is 13.7. The summed E-state index contributed by atoms with van der Waals surface area (Å²) in [6, 6.07) is 2.27. The first-order valence-electron chi connectivity index (χ1n) is 5.83. The third kappa shape index (κ3) is 2.88. The molecule has 0 aliphatic carbocycles. The number of carboxylic acid groups (broad SMARTS) is 1. The molecule has 0 aliphatic heterocycles. The highest BCUT2D eigenvalue weighted by atomic mass is 32.1. The number of halogens is 1. The number of hydrogen-bond donors (Lipinski definition) is 2. The van der Waals surface area contributed by atoms with Crippen molar-refractivity contribution < 1.29 is 14.3 Å². The Kier molecular flexibility index (Phi) is 3.89. The summed E-state index contributed by atoms with van der Waals surface area (Å²) in [5, 5.41) is 11.7. The first kappa shape index (κ1) is 14.3. The lowest BCUT2D eigenvalue weighted by molar-refractivity contribution is 0.0692. The molecule has 2 rings (SSSR count). The van der Waals surface area contributed by atoms with E-state index >= 15 is 0 Å². The minimum absolute atomic E-state index is 0.221. The molecule has 0 radical (unpaired) electrons. The van der Waals surface area contributed by atoms with Gasteiger partial charge in [0.1, 0.15) is 5.82 Å². The molecule has 1 aromatic heterocycles. The van der Waals surface area contributed by atoms with E-state index in [4.69, 9.17) is 10.8 Å². The highest BCUT2D eigenvalue weighted by Crippen LogP contribution is 2.27. The summed E-state index contributed by atoms with van der Waals surface area (Å²) in [4.78, 5) is 16.9. The van der Waals surface area contributed by atoms with Gasteiger partial charge in [-0.2, -0.15) is 0 Å². The summed E-state index contributed by atoms with van der Waals surface area (Å²) in [6.45, 7) is 2.38. The first-order chi connectivity index (χ1) is 9.38. The van der Waals surface area contributed by atoms with Crippen LogP contribution in [0.2, 0.25) is 0 Å². The molecule has 7 heteroatoms. The second-order valence-corrected chi connectivity index (χ2v) is 5.47. The summed E-state index contributed by atoms with van der Waals surface area (Å²) >= 11 is 1.53. The molecule has 1 aromatic carbocycles. The summed E-state index contributed by atoms with van der Waals surface area (Å²) in [5.41, 5.74) is 6.89. The predicted octanol–water partition coefficient (Wildman–Crippen LogP) is 2.51. The Morgan fingerprint density at radius 2 is 2.25 bits per heavy atom. The number of nitrogen functional groups attached to an aromatic ring is 1. The van der Waals surface area contributed by atoms with Crippen molar-refractivity contribution in [1.82, 2.24) is 4.98 Å². The maximum atomic E-state index is 13.7. The van der Waals surface area contributed by atoms with Gasteiger partial charge in [0, 0.05) is 18.5 Å². The van der Waals surface area contributed by atoms with Crippen molar-refractivity contribution in [3.8, 4) is 0 Å². The molecule has 1 heterocycles. The number of benzene rings is 1. The zero-order valence-electron chi connectivity index (χ0n) is 11.1. The number of carbonyl (C=O) groups is 1. The van der Waals surface area contributed by atoms with Crippen LogP contribution in [0.4, 0.5) is 15.8 Å².